The van der Waals surface area contributed by atoms with Crippen molar-refractivity contribution in [2.24, 2.45) is 5.14 Å². The molecule has 0 saturated carbocycles. The Morgan fingerprint density at radius 3 is 2.29 bits per heavy atom. The quantitative estimate of drug-likeness (QED) is 0.696. The highest BCUT2D eigenvalue weighted by molar-refractivity contribution is 7.89. The molecule has 0 aromatic heterocycles. The number of nitrogens with one attached hydrogen (secondary N) is 1. The third-order valence-electron chi connectivity index (χ3n) is 2.67. The van der Waals surface area contributed by atoms with E-state index in [0.29, 0.717) is 6.04 Å². The molecular formula is C11H19N3O2S. The van der Waals surface area contributed by atoms with Crippen LogP contribution >= 0.6 is 0 Å². The van der Waals surface area contributed by atoms with Gasteiger partial charge in [0, 0.05) is 11.7 Å². The summed E-state index contributed by atoms with van der Waals surface area (Å²) < 4.78 is 22.4. The first-order valence-electron chi connectivity index (χ1n) is 5.57. The van der Waals surface area contributed by atoms with Gasteiger partial charge in [-0.3, -0.25) is 0 Å². The topological polar surface area (TPSA) is 98.2 Å². The maximum absolute atomic E-state index is 11.2. The smallest absolute Gasteiger partial charge is 0.240 e. The summed E-state index contributed by atoms with van der Waals surface area (Å²) in [5.74, 6) is 0. The third kappa shape index (κ3) is 3.61. The van der Waals surface area contributed by atoms with E-state index in [2.05, 4.69) is 19.2 Å². The first-order chi connectivity index (χ1) is 7.88. The minimum atomic E-state index is -3.74. The lowest BCUT2D eigenvalue weighted by molar-refractivity contribution is 0.598. The van der Waals surface area contributed by atoms with Gasteiger partial charge in [-0.2, -0.15) is 0 Å². The van der Waals surface area contributed by atoms with Crippen molar-refractivity contribution in [1.29, 1.82) is 0 Å². The molecule has 0 spiro atoms. The molecule has 6 heteroatoms. The molecule has 0 unspecified atom stereocenters. The van der Waals surface area contributed by atoms with Crippen LogP contribution in [0.4, 0.5) is 11.4 Å². The molecule has 17 heavy (non-hydrogen) atoms. The zero-order valence-corrected chi connectivity index (χ0v) is 10.9. The highest BCUT2D eigenvalue weighted by Gasteiger charge is 2.13. The highest BCUT2D eigenvalue weighted by atomic mass is 32.2. The highest BCUT2D eigenvalue weighted by Crippen LogP contribution is 2.22. The number of nitrogens with two attached hydrogens (primary N) is 2. The van der Waals surface area contributed by atoms with Crippen molar-refractivity contribution >= 4 is 21.4 Å². The molecule has 5 nitrogen and oxygen atoms in total. The molecule has 96 valence electrons. The first kappa shape index (κ1) is 13.8. The molecule has 0 aliphatic rings. The molecule has 0 atom stereocenters. The maximum Gasteiger partial charge on any atom is 0.240 e. The van der Waals surface area contributed by atoms with Crippen LogP contribution in [0.5, 0.6) is 0 Å². The molecule has 1 aromatic carbocycles. The van der Waals surface area contributed by atoms with Gasteiger partial charge in [0.1, 0.15) is 4.90 Å². The van der Waals surface area contributed by atoms with Crippen molar-refractivity contribution in [3.8, 4) is 0 Å². The number of hydrogen-bond acceptors (Lipinski definition) is 4. The molecule has 0 aliphatic carbocycles. The van der Waals surface area contributed by atoms with E-state index >= 15 is 0 Å². The monoisotopic (exact) mass is 257 g/mol. The van der Waals surface area contributed by atoms with Crippen molar-refractivity contribution in [3.05, 3.63) is 18.2 Å². The number of rotatable bonds is 5. The second-order valence-corrected chi connectivity index (χ2v) is 5.49. The lowest BCUT2D eigenvalue weighted by Gasteiger charge is -2.17. The van der Waals surface area contributed by atoms with Gasteiger partial charge in [0.15, 0.2) is 0 Å². The zero-order chi connectivity index (χ0) is 13.1. The summed E-state index contributed by atoms with van der Waals surface area (Å²) in [6.45, 7) is 4.17. The van der Waals surface area contributed by atoms with E-state index in [0.717, 1.165) is 18.5 Å². The second-order valence-electron chi connectivity index (χ2n) is 3.96. The molecule has 0 amide bonds. The van der Waals surface area contributed by atoms with Crippen LogP contribution in [0.2, 0.25) is 0 Å². The van der Waals surface area contributed by atoms with Gasteiger partial charge in [0.05, 0.1) is 5.69 Å². The predicted octanol–water partition coefficient (Wildman–Crippen LogP) is 1.52. The minimum Gasteiger partial charge on any atom is -0.398 e. The van der Waals surface area contributed by atoms with Gasteiger partial charge < -0.3 is 11.1 Å². The lowest BCUT2D eigenvalue weighted by Crippen LogP contribution is -2.18. The number of nitrogen functional groups attached to an aromatic ring is 1. The van der Waals surface area contributed by atoms with Gasteiger partial charge in [-0.25, -0.2) is 13.6 Å². The molecule has 0 radical (unpaired) electrons. The second kappa shape index (κ2) is 5.37. The average molecular weight is 257 g/mol. The van der Waals surface area contributed by atoms with Crippen LogP contribution in [0.1, 0.15) is 26.7 Å². The van der Waals surface area contributed by atoms with Gasteiger partial charge >= 0.3 is 0 Å². The van der Waals surface area contributed by atoms with E-state index in [-0.39, 0.29) is 10.6 Å². The summed E-state index contributed by atoms with van der Waals surface area (Å²) in [5.41, 5.74) is 6.65. The number of hydrogen-bond donors (Lipinski definition) is 3. The molecule has 5 N–H and O–H groups in total. The van der Waals surface area contributed by atoms with Crippen molar-refractivity contribution in [3.63, 3.8) is 0 Å². The molecular weight excluding hydrogens is 238 g/mol. The summed E-state index contributed by atoms with van der Waals surface area (Å²) in [4.78, 5) is -0.0346. The Morgan fingerprint density at radius 1 is 1.29 bits per heavy atom. The van der Waals surface area contributed by atoms with Crippen LogP contribution in [0.3, 0.4) is 0 Å². The number of anilines is 2. The van der Waals surface area contributed by atoms with Gasteiger partial charge in [0.25, 0.3) is 0 Å². The number of primary sulfonamides is 1. The molecule has 0 heterocycles. The summed E-state index contributed by atoms with van der Waals surface area (Å²) in [6.07, 6.45) is 1.99. The normalized spacial score (nSPS) is 11.8. The van der Waals surface area contributed by atoms with E-state index in [1.807, 2.05) is 0 Å². The molecule has 1 rings (SSSR count). The fraction of sp³-hybridized carbons (Fsp3) is 0.455. The van der Waals surface area contributed by atoms with Crippen molar-refractivity contribution in [1.82, 2.24) is 0 Å². The van der Waals surface area contributed by atoms with E-state index < -0.39 is 10.0 Å². The van der Waals surface area contributed by atoms with Crippen LogP contribution in [-0.2, 0) is 10.0 Å². The number of benzene rings is 1. The minimum absolute atomic E-state index is 0.0346. The Labute approximate surface area is 102 Å². The van der Waals surface area contributed by atoms with E-state index in [4.69, 9.17) is 10.9 Å². The van der Waals surface area contributed by atoms with Gasteiger partial charge in [-0.15, -0.1) is 0 Å². The van der Waals surface area contributed by atoms with E-state index in [1.54, 1.807) is 12.1 Å². The van der Waals surface area contributed by atoms with Gasteiger partial charge in [-0.1, -0.05) is 13.8 Å². The SMILES string of the molecule is CCC(CC)Nc1ccc(S(N)(=O)=O)c(N)c1. The van der Waals surface area contributed by atoms with Gasteiger partial charge in [-0.05, 0) is 31.0 Å². The summed E-state index contributed by atoms with van der Waals surface area (Å²) in [7, 11) is -3.74. The predicted molar refractivity (Wildman–Crippen MR) is 70.2 cm³/mol. The van der Waals surface area contributed by atoms with Crippen LogP contribution in [0.25, 0.3) is 0 Å². The van der Waals surface area contributed by atoms with Gasteiger partial charge in [0.2, 0.25) is 10.0 Å². The largest absolute Gasteiger partial charge is 0.398 e. The molecule has 1 aromatic rings. The molecule has 0 aliphatic heterocycles. The maximum atomic E-state index is 11.2. The molecule has 0 fully saturated rings. The van der Waals surface area contributed by atoms with Crippen LogP contribution in [0.15, 0.2) is 23.1 Å². The summed E-state index contributed by atoms with van der Waals surface area (Å²) in [6, 6.07) is 5.05. The lowest BCUT2D eigenvalue weighted by atomic mass is 10.1. The summed E-state index contributed by atoms with van der Waals surface area (Å²) in [5, 5.41) is 8.32. The zero-order valence-electron chi connectivity index (χ0n) is 10.1. The van der Waals surface area contributed by atoms with Crippen LogP contribution in [-0.4, -0.2) is 14.5 Å². The third-order valence-corrected chi connectivity index (χ3v) is 3.66. The Kier molecular flexibility index (Phi) is 4.36. The molecule has 0 bridgehead atoms. The fourth-order valence-corrected chi connectivity index (χ4v) is 2.27. The van der Waals surface area contributed by atoms with Crippen molar-refractivity contribution in [2.75, 3.05) is 11.1 Å². The fourth-order valence-electron chi connectivity index (χ4n) is 1.63. The standard InChI is InChI=1S/C11H19N3O2S/c1-3-8(4-2)14-9-5-6-11(10(12)7-9)17(13,15)16/h5-8,14H,3-4,12H2,1-2H3,(H2,13,15,16). The first-order valence-corrected chi connectivity index (χ1v) is 7.12. The van der Waals surface area contributed by atoms with Crippen molar-refractivity contribution < 1.29 is 8.42 Å². The van der Waals surface area contributed by atoms with E-state index in [9.17, 15) is 8.42 Å². The van der Waals surface area contributed by atoms with Crippen LogP contribution in [0, 0.1) is 0 Å². The Morgan fingerprint density at radius 2 is 1.88 bits per heavy atom. The van der Waals surface area contributed by atoms with Crippen molar-refractivity contribution in [2.45, 2.75) is 37.6 Å². The Bertz CT molecular complexity index is 481. The Hall–Kier alpha value is -1.27. The van der Waals surface area contributed by atoms with E-state index in [1.165, 1.54) is 6.07 Å². The van der Waals surface area contributed by atoms with Crippen LogP contribution < -0.4 is 16.2 Å². The number of sulfonamides is 1. The Balaban J connectivity index is 2.97. The molecule has 0 saturated heterocycles. The summed E-state index contributed by atoms with van der Waals surface area (Å²) >= 11 is 0. The average Bonchev–Trinajstić information content (AvgIpc) is 2.24.